The fraction of sp³-hybridized carbons (Fsp3) is 0.529. The number of ether oxygens (including phenoxy) is 1. The number of carbonyl (C=O) groups is 1. The molecule has 0 saturated carbocycles. The highest BCUT2D eigenvalue weighted by Crippen LogP contribution is 2.31. The molecule has 2 heterocycles. The Bertz CT molecular complexity index is 840. The maximum absolute atomic E-state index is 12.4. The summed E-state index contributed by atoms with van der Waals surface area (Å²) in [6.45, 7) is 3.65. The molecule has 0 bridgehead atoms. The Kier molecular flexibility index (Phi) is 5.73. The second-order valence-corrected chi connectivity index (χ2v) is 7.96. The van der Waals surface area contributed by atoms with Gasteiger partial charge in [0, 0.05) is 13.1 Å². The maximum atomic E-state index is 12.4. The van der Waals surface area contributed by atoms with E-state index in [0.717, 1.165) is 25.7 Å². The van der Waals surface area contributed by atoms with E-state index >= 15 is 0 Å². The van der Waals surface area contributed by atoms with Crippen molar-refractivity contribution in [2.24, 2.45) is 10.1 Å². The number of fused-ring (bicyclic) bond motifs is 1. The summed E-state index contributed by atoms with van der Waals surface area (Å²) in [6.07, 6.45) is 3.73. The number of rotatable bonds is 5. The van der Waals surface area contributed by atoms with Gasteiger partial charge < -0.3 is 20.7 Å². The number of nitrogens with zero attached hydrogens (tertiary/aromatic N) is 2. The number of carbonyl (C=O) groups excluding carboxylic acids is 1. The molecule has 1 aromatic rings. The van der Waals surface area contributed by atoms with Crippen LogP contribution < -0.4 is 20.5 Å². The molecule has 2 amide bonds. The smallest absolute Gasteiger partial charge is 0.344 e. The Morgan fingerprint density at radius 1 is 1.44 bits per heavy atom. The van der Waals surface area contributed by atoms with E-state index in [9.17, 15) is 13.2 Å². The van der Waals surface area contributed by atoms with Gasteiger partial charge in [-0.3, -0.25) is 4.72 Å². The topological polar surface area (TPSA) is 126 Å². The lowest BCUT2D eigenvalue weighted by Gasteiger charge is -2.35. The van der Waals surface area contributed by atoms with Crippen LogP contribution in [0.4, 0.5) is 10.5 Å². The zero-order valence-corrected chi connectivity index (χ0v) is 16.1. The van der Waals surface area contributed by atoms with E-state index in [-0.39, 0.29) is 17.9 Å². The van der Waals surface area contributed by atoms with Crippen LogP contribution in [0, 0.1) is 0 Å². The average molecular weight is 395 g/mol. The van der Waals surface area contributed by atoms with Crippen molar-refractivity contribution in [2.75, 3.05) is 24.4 Å². The van der Waals surface area contributed by atoms with Crippen LogP contribution in [-0.2, 0) is 10.2 Å². The van der Waals surface area contributed by atoms with Crippen molar-refractivity contribution < 1.29 is 17.9 Å². The third-order valence-corrected chi connectivity index (χ3v) is 5.50. The number of anilines is 1. The maximum Gasteiger partial charge on any atom is 0.344 e. The fourth-order valence-electron chi connectivity index (χ4n) is 3.30. The molecule has 4 N–H and O–H groups in total. The quantitative estimate of drug-likeness (QED) is 0.695. The molecule has 0 aromatic heterocycles. The summed E-state index contributed by atoms with van der Waals surface area (Å²) in [6, 6.07) is 4.87. The number of urea groups is 1. The summed E-state index contributed by atoms with van der Waals surface area (Å²) in [5, 5.41) is 2.91. The zero-order valence-electron chi connectivity index (χ0n) is 15.3. The summed E-state index contributed by atoms with van der Waals surface area (Å²) in [5.74, 6) is 0.330. The van der Waals surface area contributed by atoms with Gasteiger partial charge in [0.25, 0.3) is 0 Å². The molecule has 1 fully saturated rings. The molecule has 27 heavy (non-hydrogen) atoms. The molecule has 1 unspecified atom stereocenters. The Morgan fingerprint density at radius 3 is 3.04 bits per heavy atom. The van der Waals surface area contributed by atoms with Crippen molar-refractivity contribution in [1.82, 2.24) is 10.2 Å². The van der Waals surface area contributed by atoms with Crippen molar-refractivity contribution >= 4 is 27.8 Å². The first kappa shape index (κ1) is 19.3. The van der Waals surface area contributed by atoms with Gasteiger partial charge in [-0.05, 0) is 37.8 Å². The molecule has 1 saturated heterocycles. The Morgan fingerprint density at radius 2 is 2.26 bits per heavy atom. The van der Waals surface area contributed by atoms with Gasteiger partial charge in [0.2, 0.25) is 0 Å². The van der Waals surface area contributed by atoms with Gasteiger partial charge in [-0.2, -0.15) is 8.42 Å². The first-order valence-electron chi connectivity index (χ1n) is 9.10. The van der Waals surface area contributed by atoms with E-state index in [4.69, 9.17) is 10.5 Å². The van der Waals surface area contributed by atoms with Crippen LogP contribution in [-0.4, -0.2) is 50.9 Å². The average Bonchev–Trinajstić information content (AvgIpc) is 2.63. The number of piperidine rings is 1. The van der Waals surface area contributed by atoms with E-state index in [2.05, 4.69) is 14.4 Å². The van der Waals surface area contributed by atoms with E-state index in [1.54, 1.807) is 18.2 Å². The van der Waals surface area contributed by atoms with Crippen LogP contribution in [0.5, 0.6) is 5.75 Å². The minimum Gasteiger partial charge on any atom is -0.491 e. The molecular formula is C17H25N5O4S. The number of amides is 2. The van der Waals surface area contributed by atoms with Crippen molar-refractivity contribution in [3.63, 3.8) is 0 Å². The summed E-state index contributed by atoms with van der Waals surface area (Å²) in [5.41, 5.74) is 6.59. The van der Waals surface area contributed by atoms with Gasteiger partial charge in [0.1, 0.15) is 12.4 Å². The fourth-order valence-corrected chi connectivity index (χ4v) is 4.14. The molecule has 1 atom stereocenters. The first-order chi connectivity index (χ1) is 12.9. The van der Waals surface area contributed by atoms with Crippen LogP contribution >= 0.6 is 0 Å². The third-order valence-electron chi connectivity index (χ3n) is 4.59. The van der Waals surface area contributed by atoms with Gasteiger partial charge in [0.05, 0.1) is 17.3 Å². The molecule has 0 aliphatic carbocycles. The molecular weight excluding hydrogens is 370 g/mol. The lowest BCUT2D eigenvalue weighted by molar-refractivity contribution is 0.116. The van der Waals surface area contributed by atoms with E-state index < -0.39 is 10.2 Å². The lowest BCUT2D eigenvalue weighted by Crippen LogP contribution is -2.51. The first-order valence-corrected chi connectivity index (χ1v) is 10.5. The van der Waals surface area contributed by atoms with Gasteiger partial charge in [-0.15, -0.1) is 4.40 Å². The predicted molar refractivity (Wildman–Crippen MR) is 103 cm³/mol. The largest absolute Gasteiger partial charge is 0.491 e. The molecule has 2 aliphatic rings. The van der Waals surface area contributed by atoms with Gasteiger partial charge in [-0.1, -0.05) is 13.0 Å². The molecule has 10 heteroatoms. The molecule has 1 aromatic carbocycles. The molecule has 0 radical (unpaired) electrons. The lowest BCUT2D eigenvalue weighted by atomic mass is 10.0. The number of likely N-dealkylation sites (tertiary alicyclic amines) is 1. The molecule has 148 valence electrons. The Hall–Kier alpha value is -2.49. The third kappa shape index (κ3) is 4.44. The molecule has 3 rings (SSSR count). The Labute approximate surface area is 159 Å². The number of nitrogens with two attached hydrogens (primary N) is 1. The summed E-state index contributed by atoms with van der Waals surface area (Å²) < 4.78 is 35.1. The summed E-state index contributed by atoms with van der Waals surface area (Å²) in [4.78, 5) is 14.2. The summed E-state index contributed by atoms with van der Waals surface area (Å²) in [7, 11) is -3.83. The number of amidine groups is 1. The highest BCUT2D eigenvalue weighted by atomic mass is 32.2. The molecule has 9 nitrogen and oxygen atoms in total. The number of nitrogens with one attached hydrogen (secondary N) is 2. The van der Waals surface area contributed by atoms with Crippen LogP contribution in [0.25, 0.3) is 0 Å². The molecule has 0 spiro atoms. The van der Waals surface area contributed by atoms with Crippen LogP contribution in [0.15, 0.2) is 22.6 Å². The van der Waals surface area contributed by atoms with Crippen molar-refractivity contribution in [1.29, 1.82) is 0 Å². The van der Waals surface area contributed by atoms with E-state index in [0.29, 0.717) is 36.7 Å². The minimum absolute atomic E-state index is 0.0510. The van der Waals surface area contributed by atoms with E-state index in [1.165, 1.54) is 0 Å². The standard InChI is InChI=1S/C17H25N5O4S/c1-2-9-19-17(23)22-10-4-3-6-12(22)11-26-14-8-5-7-13-15(14)16(18)21-27(24,25)20-13/h5,7-8,12,20H,2-4,6,9-11H2,1H3,(H2,18,21)(H,19,23). The van der Waals surface area contributed by atoms with Crippen LogP contribution in [0.3, 0.4) is 0 Å². The number of hydrogen-bond donors (Lipinski definition) is 3. The second kappa shape index (κ2) is 8.03. The van der Waals surface area contributed by atoms with Crippen molar-refractivity contribution in [2.45, 2.75) is 38.6 Å². The predicted octanol–water partition coefficient (Wildman–Crippen LogP) is 1.42. The van der Waals surface area contributed by atoms with Gasteiger partial charge >= 0.3 is 16.2 Å². The van der Waals surface area contributed by atoms with Crippen LogP contribution in [0.2, 0.25) is 0 Å². The van der Waals surface area contributed by atoms with Gasteiger partial charge in [0.15, 0.2) is 5.84 Å². The monoisotopic (exact) mass is 395 g/mol. The van der Waals surface area contributed by atoms with Gasteiger partial charge in [-0.25, -0.2) is 4.79 Å². The number of hydrogen-bond acceptors (Lipinski definition) is 5. The SMILES string of the molecule is CCCNC(=O)N1CCCCC1COc1cccc2c1C(N)=NS(=O)(=O)N2. The van der Waals surface area contributed by atoms with Crippen LogP contribution in [0.1, 0.15) is 38.2 Å². The van der Waals surface area contributed by atoms with Crippen molar-refractivity contribution in [3.8, 4) is 5.75 Å². The highest BCUT2D eigenvalue weighted by Gasteiger charge is 2.29. The second-order valence-electron chi connectivity index (χ2n) is 6.62. The Balaban J connectivity index is 1.74. The molecule has 2 aliphatic heterocycles. The zero-order chi connectivity index (χ0) is 19.4. The van der Waals surface area contributed by atoms with Crippen molar-refractivity contribution in [3.05, 3.63) is 23.8 Å². The van der Waals surface area contributed by atoms with E-state index in [1.807, 2.05) is 11.8 Å². The normalized spacial score (nSPS) is 20.9. The minimum atomic E-state index is -3.83. The number of benzene rings is 1. The summed E-state index contributed by atoms with van der Waals surface area (Å²) >= 11 is 0. The highest BCUT2D eigenvalue weighted by molar-refractivity contribution is 7.91.